The third kappa shape index (κ3) is 5.36. The first kappa shape index (κ1) is 20.0. The number of ether oxygens (including phenoxy) is 2. The van der Waals surface area contributed by atoms with Crippen LogP contribution >= 0.6 is 0 Å². The van der Waals surface area contributed by atoms with Gasteiger partial charge in [0.25, 0.3) is 5.91 Å². The van der Waals surface area contributed by atoms with Gasteiger partial charge >= 0.3 is 0 Å². The largest absolute Gasteiger partial charge is 0.497 e. The maximum absolute atomic E-state index is 12.5. The van der Waals surface area contributed by atoms with Crippen LogP contribution in [-0.2, 0) is 0 Å². The van der Waals surface area contributed by atoms with Crippen LogP contribution in [0, 0.1) is 0 Å². The van der Waals surface area contributed by atoms with Crippen LogP contribution in [-0.4, -0.2) is 60.9 Å². The Labute approximate surface area is 161 Å². The van der Waals surface area contributed by atoms with Crippen LogP contribution in [0.3, 0.4) is 0 Å². The molecule has 27 heavy (non-hydrogen) atoms. The highest BCUT2D eigenvalue weighted by molar-refractivity contribution is 5.97. The number of aliphatic hydroxyl groups is 1. The van der Waals surface area contributed by atoms with Crippen molar-refractivity contribution in [1.82, 2.24) is 10.2 Å². The highest BCUT2D eigenvalue weighted by Crippen LogP contribution is 2.30. The summed E-state index contributed by atoms with van der Waals surface area (Å²) in [6.07, 6.45) is 6.88. The summed E-state index contributed by atoms with van der Waals surface area (Å²) >= 11 is 0. The van der Waals surface area contributed by atoms with E-state index in [0.717, 1.165) is 32.0 Å². The predicted octanol–water partition coefficient (Wildman–Crippen LogP) is 2.59. The average molecular weight is 376 g/mol. The van der Waals surface area contributed by atoms with Gasteiger partial charge in [0.2, 0.25) is 0 Å². The minimum atomic E-state index is -0.594. The number of nitrogens with zero attached hydrogens (tertiary/aromatic N) is 1. The van der Waals surface area contributed by atoms with E-state index in [1.54, 1.807) is 26.2 Å². The van der Waals surface area contributed by atoms with Crippen LogP contribution in [0.15, 0.2) is 18.2 Å². The number of carbonyl (C=O) groups is 1. The maximum atomic E-state index is 12.5. The zero-order valence-electron chi connectivity index (χ0n) is 16.4. The molecule has 1 saturated heterocycles. The Hall–Kier alpha value is -1.79. The van der Waals surface area contributed by atoms with Gasteiger partial charge in [0.05, 0.1) is 18.8 Å². The van der Waals surface area contributed by atoms with Gasteiger partial charge in [-0.3, -0.25) is 4.79 Å². The molecule has 2 N–H and O–H groups in total. The van der Waals surface area contributed by atoms with E-state index < -0.39 is 6.10 Å². The van der Waals surface area contributed by atoms with E-state index in [9.17, 15) is 9.90 Å². The molecule has 0 aromatic heterocycles. The molecule has 150 valence electrons. The van der Waals surface area contributed by atoms with Crippen molar-refractivity contribution in [3.8, 4) is 11.5 Å². The van der Waals surface area contributed by atoms with Crippen LogP contribution in [0.4, 0.5) is 0 Å². The smallest absolute Gasteiger partial charge is 0.255 e. The number of nitrogens with one attached hydrogen (secondary N) is 1. The molecule has 1 heterocycles. The highest BCUT2D eigenvalue weighted by Gasteiger charge is 2.28. The molecule has 2 aliphatic rings. The van der Waals surface area contributed by atoms with Crippen LogP contribution in [0.5, 0.6) is 11.5 Å². The van der Waals surface area contributed by atoms with E-state index in [-0.39, 0.29) is 18.6 Å². The minimum absolute atomic E-state index is 0.124. The van der Waals surface area contributed by atoms with Crippen molar-refractivity contribution in [2.24, 2.45) is 0 Å². The SMILES string of the molecule is COc1ccc(OC2CCN(C3CCCC3)CC2)c(C(=O)NCC(C)O)c1. The van der Waals surface area contributed by atoms with Crippen molar-refractivity contribution in [3.05, 3.63) is 23.8 Å². The summed E-state index contributed by atoms with van der Waals surface area (Å²) in [6, 6.07) is 6.07. The Morgan fingerprint density at radius 3 is 2.59 bits per heavy atom. The molecule has 1 aliphatic carbocycles. The second-order valence-corrected chi connectivity index (χ2v) is 7.71. The summed E-state index contributed by atoms with van der Waals surface area (Å²) in [5.74, 6) is 0.937. The molecular formula is C21H32N2O4. The van der Waals surface area contributed by atoms with E-state index in [2.05, 4.69) is 10.2 Å². The van der Waals surface area contributed by atoms with Crippen molar-refractivity contribution in [2.75, 3.05) is 26.7 Å². The average Bonchev–Trinajstić information content (AvgIpc) is 3.21. The first-order valence-electron chi connectivity index (χ1n) is 10.1. The van der Waals surface area contributed by atoms with E-state index >= 15 is 0 Å². The molecule has 1 atom stereocenters. The second-order valence-electron chi connectivity index (χ2n) is 7.71. The molecule has 1 saturated carbocycles. The van der Waals surface area contributed by atoms with Gasteiger partial charge in [-0.1, -0.05) is 12.8 Å². The fourth-order valence-electron chi connectivity index (χ4n) is 4.06. The number of hydrogen-bond donors (Lipinski definition) is 2. The normalized spacial score (nSPS) is 20.4. The molecule has 0 spiro atoms. The molecular weight excluding hydrogens is 344 g/mol. The van der Waals surface area contributed by atoms with Crippen molar-refractivity contribution in [3.63, 3.8) is 0 Å². The number of piperidine rings is 1. The standard InChI is InChI=1S/C21H32N2O4/c1-15(24)14-22-21(25)19-13-18(26-2)7-8-20(19)27-17-9-11-23(12-10-17)16-5-3-4-6-16/h7-8,13,15-17,24H,3-6,9-12,14H2,1-2H3,(H,22,25). The molecule has 0 bridgehead atoms. The Balaban J connectivity index is 1.62. The predicted molar refractivity (Wildman–Crippen MR) is 104 cm³/mol. The Bertz CT molecular complexity index is 621. The topological polar surface area (TPSA) is 71.0 Å². The molecule has 1 amide bonds. The number of methoxy groups -OCH3 is 1. The second kappa shape index (κ2) is 9.42. The number of amides is 1. The van der Waals surface area contributed by atoms with Gasteiger partial charge in [-0.05, 0) is 50.8 Å². The molecule has 6 heteroatoms. The zero-order valence-corrected chi connectivity index (χ0v) is 16.4. The molecule has 0 radical (unpaired) electrons. The molecule has 2 fully saturated rings. The van der Waals surface area contributed by atoms with Gasteiger partial charge in [0.1, 0.15) is 17.6 Å². The lowest BCUT2D eigenvalue weighted by molar-refractivity contribution is 0.0747. The number of benzene rings is 1. The first-order valence-corrected chi connectivity index (χ1v) is 10.1. The lowest BCUT2D eigenvalue weighted by atomic mass is 10.0. The van der Waals surface area contributed by atoms with Gasteiger partial charge in [-0.15, -0.1) is 0 Å². The molecule has 1 unspecified atom stereocenters. The first-order chi connectivity index (χ1) is 13.1. The number of carbonyl (C=O) groups excluding carboxylic acids is 1. The molecule has 1 aromatic rings. The Morgan fingerprint density at radius 2 is 1.96 bits per heavy atom. The summed E-state index contributed by atoms with van der Waals surface area (Å²) in [7, 11) is 1.58. The van der Waals surface area contributed by atoms with Gasteiger partial charge in [-0.25, -0.2) is 0 Å². The highest BCUT2D eigenvalue weighted by atomic mass is 16.5. The number of likely N-dealkylation sites (tertiary alicyclic amines) is 1. The summed E-state index contributed by atoms with van der Waals surface area (Å²) in [6.45, 7) is 3.97. The van der Waals surface area contributed by atoms with Crippen molar-refractivity contribution < 1.29 is 19.4 Å². The summed E-state index contributed by atoms with van der Waals surface area (Å²) < 4.78 is 11.5. The quantitative estimate of drug-likeness (QED) is 0.765. The van der Waals surface area contributed by atoms with Crippen molar-refractivity contribution in [1.29, 1.82) is 0 Å². The van der Waals surface area contributed by atoms with Gasteiger partial charge < -0.3 is 24.8 Å². The van der Waals surface area contributed by atoms with Gasteiger partial charge in [0, 0.05) is 25.7 Å². The van der Waals surface area contributed by atoms with E-state index in [1.165, 1.54) is 25.7 Å². The summed E-state index contributed by atoms with van der Waals surface area (Å²) in [5, 5.41) is 12.2. The van der Waals surface area contributed by atoms with Crippen LogP contribution in [0.1, 0.15) is 55.8 Å². The lowest BCUT2D eigenvalue weighted by Crippen LogP contribution is -2.43. The third-order valence-corrected chi connectivity index (χ3v) is 5.60. The number of rotatable bonds is 7. The Morgan fingerprint density at radius 1 is 1.26 bits per heavy atom. The summed E-state index contributed by atoms with van der Waals surface area (Å²) in [4.78, 5) is 15.1. The Kier molecular flexibility index (Phi) is 6.96. The molecule has 1 aliphatic heterocycles. The van der Waals surface area contributed by atoms with Crippen molar-refractivity contribution >= 4 is 5.91 Å². The van der Waals surface area contributed by atoms with Crippen LogP contribution in [0.25, 0.3) is 0 Å². The molecule has 1 aromatic carbocycles. The van der Waals surface area contributed by atoms with E-state index in [1.807, 2.05) is 6.07 Å². The number of hydrogen-bond acceptors (Lipinski definition) is 5. The molecule has 3 rings (SSSR count). The lowest BCUT2D eigenvalue weighted by Gasteiger charge is -2.36. The monoisotopic (exact) mass is 376 g/mol. The fraction of sp³-hybridized carbons (Fsp3) is 0.667. The zero-order chi connectivity index (χ0) is 19.2. The van der Waals surface area contributed by atoms with Crippen LogP contribution in [0.2, 0.25) is 0 Å². The van der Waals surface area contributed by atoms with Gasteiger partial charge in [0.15, 0.2) is 0 Å². The van der Waals surface area contributed by atoms with Gasteiger partial charge in [-0.2, -0.15) is 0 Å². The minimum Gasteiger partial charge on any atom is -0.497 e. The van der Waals surface area contributed by atoms with E-state index in [4.69, 9.17) is 9.47 Å². The molecule has 6 nitrogen and oxygen atoms in total. The van der Waals surface area contributed by atoms with Crippen LogP contribution < -0.4 is 14.8 Å². The maximum Gasteiger partial charge on any atom is 0.255 e. The van der Waals surface area contributed by atoms with E-state index in [0.29, 0.717) is 17.1 Å². The fourth-order valence-corrected chi connectivity index (χ4v) is 4.06. The number of aliphatic hydroxyl groups excluding tert-OH is 1. The summed E-state index contributed by atoms with van der Waals surface area (Å²) in [5.41, 5.74) is 0.452. The van der Waals surface area contributed by atoms with Crippen molar-refractivity contribution in [2.45, 2.75) is 63.7 Å². The third-order valence-electron chi connectivity index (χ3n) is 5.60.